The number of anilines is 9. The molecule has 0 spiro atoms. The van der Waals surface area contributed by atoms with E-state index in [9.17, 15) is 0 Å². The number of rotatable bonds is 4. The minimum Gasteiger partial charge on any atom is -0.311 e. The molecule has 0 saturated carbocycles. The third-order valence-corrected chi connectivity index (χ3v) is 18.8. The summed E-state index contributed by atoms with van der Waals surface area (Å²) >= 11 is 0. The molecule has 0 N–H and O–H groups in total. The summed E-state index contributed by atoms with van der Waals surface area (Å²) in [5, 5.41) is 0. The van der Waals surface area contributed by atoms with Crippen LogP contribution in [-0.4, -0.2) is 6.71 Å². The van der Waals surface area contributed by atoms with Gasteiger partial charge in [0.15, 0.2) is 0 Å². The molecule has 0 radical (unpaired) electrons. The first-order valence-corrected chi connectivity index (χ1v) is 26.4. The fourth-order valence-electron chi connectivity index (χ4n) is 14.9. The van der Waals surface area contributed by atoms with Crippen LogP contribution >= 0.6 is 0 Å². The van der Waals surface area contributed by atoms with Gasteiger partial charge in [-0.3, -0.25) is 0 Å². The number of fused-ring (bicyclic) bond motifs is 12. The van der Waals surface area contributed by atoms with E-state index in [-0.39, 0.29) is 33.8 Å². The minimum atomic E-state index is -0.359. The molecule has 14 rings (SSSR count). The van der Waals surface area contributed by atoms with Gasteiger partial charge in [-0.1, -0.05) is 146 Å². The van der Waals surface area contributed by atoms with E-state index in [4.69, 9.17) is 0 Å². The highest BCUT2D eigenvalue weighted by Gasteiger charge is 2.55. The van der Waals surface area contributed by atoms with E-state index in [2.05, 4.69) is 242 Å². The summed E-state index contributed by atoms with van der Waals surface area (Å²) < 4.78 is 0. The van der Waals surface area contributed by atoms with Gasteiger partial charge in [-0.05, 0) is 200 Å². The Morgan fingerprint density at radius 3 is 1.66 bits per heavy atom. The maximum atomic E-state index is 2.73. The first-order valence-electron chi connectivity index (χ1n) is 26.4. The van der Waals surface area contributed by atoms with Gasteiger partial charge < -0.3 is 14.7 Å². The molecule has 3 aliphatic carbocycles. The largest absolute Gasteiger partial charge is 0.311 e. The van der Waals surface area contributed by atoms with Crippen LogP contribution in [-0.2, 0) is 27.1 Å². The van der Waals surface area contributed by atoms with E-state index in [1.807, 2.05) is 0 Å². The summed E-state index contributed by atoms with van der Waals surface area (Å²) in [6.45, 7) is 24.8. The summed E-state index contributed by atoms with van der Waals surface area (Å²) in [7, 11) is 0. The maximum Gasteiger partial charge on any atom is 0.252 e. The van der Waals surface area contributed by atoms with Gasteiger partial charge in [-0.25, -0.2) is 0 Å². The second-order valence-corrected chi connectivity index (χ2v) is 24.8. The van der Waals surface area contributed by atoms with Crippen LogP contribution in [0, 0.1) is 6.92 Å². The van der Waals surface area contributed by atoms with Gasteiger partial charge in [0.2, 0.25) is 0 Å². The molecular weight excluding hydrogens is 858 g/mol. The molecule has 8 aromatic rings. The van der Waals surface area contributed by atoms with Crippen molar-refractivity contribution in [2.24, 2.45) is 0 Å². The Kier molecular flexibility index (Phi) is 8.62. The molecule has 4 heteroatoms. The molecule has 0 fully saturated rings. The number of hydrogen-bond acceptors (Lipinski definition) is 3. The van der Waals surface area contributed by atoms with E-state index in [0.29, 0.717) is 0 Å². The maximum absolute atomic E-state index is 2.73. The Morgan fingerprint density at radius 2 is 0.986 bits per heavy atom. The zero-order chi connectivity index (χ0) is 48.7. The predicted octanol–water partition coefficient (Wildman–Crippen LogP) is 15.9. The summed E-state index contributed by atoms with van der Waals surface area (Å²) in [6.07, 6.45) is 4.71. The van der Waals surface area contributed by atoms with E-state index in [0.717, 1.165) is 17.1 Å². The van der Waals surface area contributed by atoms with Crippen LogP contribution in [0.1, 0.15) is 133 Å². The molecule has 0 amide bonds. The van der Waals surface area contributed by atoms with Gasteiger partial charge in [-0.2, -0.15) is 0 Å². The molecule has 8 aromatic carbocycles. The van der Waals surface area contributed by atoms with Crippen molar-refractivity contribution >= 4 is 74.3 Å². The summed E-state index contributed by atoms with van der Waals surface area (Å²) in [6, 6.07) is 61.2. The standard InChI is InChI=1S/C67H64BN3/c1-41-36-58-61-62-59(41)67(10)48-26-18-17-24-46(48)47-25-19-27-55(60(47)67)71(62)56-38-45(69(42-20-13-11-14-21-42)43-22-15-12-16-23-43)29-31-53(56)68(61)54-39-51-52(66(8,9)35-34-65(51,6)7)40-57(54)70(58)44-28-30-49-50(37-44)64(4,5)33-32-63(49,2)3/h11-31,36-40H,32-35H2,1-10H3. The van der Waals surface area contributed by atoms with Crippen molar-refractivity contribution in [1.29, 1.82) is 0 Å². The smallest absolute Gasteiger partial charge is 0.252 e. The molecule has 0 aromatic heterocycles. The zero-order valence-electron chi connectivity index (χ0n) is 43.3. The lowest BCUT2D eigenvalue weighted by Crippen LogP contribution is -2.63. The number of benzene rings is 8. The van der Waals surface area contributed by atoms with Crippen molar-refractivity contribution in [1.82, 2.24) is 0 Å². The van der Waals surface area contributed by atoms with Gasteiger partial charge in [0.1, 0.15) is 0 Å². The van der Waals surface area contributed by atoms with Gasteiger partial charge in [0.25, 0.3) is 6.71 Å². The van der Waals surface area contributed by atoms with Crippen LogP contribution < -0.4 is 31.1 Å². The van der Waals surface area contributed by atoms with Crippen LogP contribution in [0.4, 0.5) is 51.2 Å². The third-order valence-electron chi connectivity index (χ3n) is 18.8. The molecule has 6 aliphatic rings. The molecule has 3 nitrogen and oxygen atoms in total. The number of hydrogen-bond donors (Lipinski definition) is 0. The molecule has 3 heterocycles. The minimum absolute atomic E-state index is 0.00285. The van der Waals surface area contributed by atoms with E-state index < -0.39 is 0 Å². The average molecular weight is 922 g/mol. The fourth-order valence-corrected chi connectivity index (χ4v) is 14.9. The van der Waals surface area contributed by atoms with Crippen molar-refractivity contribution in [2.45, 2.75) is 122 Å². The molecule has 1 unspecified atom stereocenters. The molecule has 3 aliphatic heterocycles. The molecule has 71 heavy (non-hydrogen) atoms. The fraction of sp³-hybridized carbons (Fsp3) is 0.284. The van der Waals surface area contributed by atoms with Crippen LogP contribution in [0.15, 0.2) is 158 Å². The monoisotopic (exact) mass is 922 g/mol. The highest BCUT2D eigenvalue weighted by Crippen LogP contribution is 2.64. The Morgan fingerprint density at radius 1 is 0.408 bits per heavy atom. The number of aryl methyl sites for hydroxylation is 1. The quantitative estimate of drug-likeness (QED) is 0.163. The van der Waals surface area contributed by atoms with Crippen LogP contribution in [0.2, 0.25) is 0 Å². The number of nitrogens with zero attached hydrogens (tertiary/aromatic N) is 3. The lowest BCUT2D eigenvalue weighted by atomic mass is 9.32. The molecular formula is C67H64BN3. The van der Waals surface area contributed by atoms with Crippen LogP contribution in [0.3, 0.4) is 0 Å². The molecule has 350 valence electrons. The second kappa shape index (κ2) is 14.2. The van der Waals surface area contributed by atoms with Gasteiger partial charge in [0, 0.05) is 50.9 Å². The van der Waals surface area contributed by atoms with E-state index in [1.54, 1.807) is 0 Å². The van der Waals surface area contributed by atoms with Crippen molar-refractivity contribution in [3.05, 3.63) is 202 Å². The normalized spacial score (nSPS) is 20.2. The average Bonchev–Trinajstić information content (AvgIpc) is 3.63. The SMILES string of the molecule is Cc1cc2c3c4c1C1(C)c5ccccc5-c5cccc(c51)N4c1cc(N(c4ccccc4)c4ccccc4)ccc1B3c1cc3c(cc1N2c1ccc2c(c1)C(C)(C)CCC2(C)C)C(C)(C)CCC3(C)C. The topological polar surface area (TPSA) is 9.72 Å². The number of para-hydroxylation sites is 2. The summed E-state index contributed by atoms with van der Waals surface area (Å²) in [4.78, 5) is 7.89. The van der Waals surface area contributed by atoms with Crippen molar-refractivity contribution in [3.8, 4) is 11.1 Å². The van der Waals surface area contributed by atoms with Gasteiger partial charge >= 0.3 is 0 Å². The highest BCUT2D eigenvalue weighted by molar-refractivity contribution is 7.00. The van der Waals surface area contributed by atoms with Crippen molar-refractivity contribution < 1.29 is 0 Å². The third kappa shape index (κ3) is 5.68. The first kappa shape index (κ1) is 43.0. The Balaban J connectivity index is 1.12. The Bertz CT molecular complexity index is 3560. The predicted molar refractivity (Wildman–Crippen MR) is 301 cm³/mol. The van der Waals surface area contributed by atoms with Gasteiger partial charge in [0.05, 0.1) is 5.69 Å². The first-order chi connectivity index (χ1) is 34.0. The van der Waals surface area contributed by atoms with Crippen molar-refractivity contribution in [2.75, 3.05) is 14.7 Å². The Hall–Kier alpha value is -6.78. The second-order valence-electron chi connectivity index (χ2n) is 24.8. The lowest BCUT2D eigenvalue weighted by Gasteiger charge is -2.52. The molecule has 0 bridgehead atoms. The highest BCUT2D eigenvalue weighted by atomic mass is 15.2. The summed E-state index contributed by atoms with van der Waals surface area (Å²) in [5.41, 5.74) is 29.6. The Labute approximate surface area is 422 Å². The molecule has 0 saturated heterocycles. The van der Waals surface area contributed by atoms with Crippen LogP contribution in [0.5, 0.6) is 0 Å². The van der Waals surface area contributed by atoms with Crippen LogP contribution in [0.25, 0.3) is 11.1 Å². The zero-order valence-corrected chi connectivity index (χ0v) is 43.3. The van der Waals surface area contributed by atoms with Gasteiger partial charge in [-0.15, -0.1) is 0 Å². The van der Waals surface area contributed by atoms with E-state index >= 15 is 0 Å². The lowest BCUT2D eigenvalue weighted by molar-refractivity contribution is 0.332. The van der Waals surface area contributed by atoms with E-state index in [1.165, 1.54) is 132 Å². The molecule has 1 atom stereocenters. The van der Waals surface area contributed by atoms with Crippen molar-refractivity contribution in [3.63, 3.8) is 0 Å². The summed E-state index contributed by atoms with van der Waals surface area (Å²) in [5.74, 6) is 0.